The van der Waals surface area contributed by atoms with Crippen molar-refractivity contribution < 1.29 is 19.1 Å². The number of carbonyl (C=O) groups excluding carboxylic acids is 2. The van der Waals surface area contributed by atoms with Crippen molar-refractivity contribution in [1.82, 2.24) is 0 Å². The topological polar surface area (TPSA) is 52.6 Å². The normalized spacial score (nSPS) is 14.2. The van der Waals surface area contributed by atoms with E-state index in [4.69, 9.17) is 9.47 Å². The Morgan fingerprint density at radius 3 is 1.62 bits per heavy atom. The van der Waals surface area contributed by atoms with E-state index in [2.05, 4.69) is 37.3 Å². The summed E-state index contributed by atoms with van der Waals surface area (Å²) in [5.41, 5.74) is 7.75. The summed E-state index contributed by atoms with van der Waals surface area (Å²) in [4.78, 5) is 24.5. The first kappa shape index (κ1) is 26.4. The molecule has 0 aliphatic heterocycles. The smallest absolute Gasteiger partial charge is 0.343 e. The highest BCUT2D eigenvalue weighted by atomic mass is 16.5. The molecule has 4 heteroatoms. The Hall–Kier alpha value is -4.18. The highest BCUT2D eigenvalue weighted by Gasteiger charge is 2.38. The number of benzene rings is 4. The van der Waals surface area contributed by atoms with E-state index in [0.717, 1.165) is 40.8 Å². The third-order valence-electron chi connectivity index (χ3n) is 8.08. The highest BCUT2D eigenvalue weighted by molar-refractivity contribution is 5.94. The first-order chi connectivity index (χ1) is 18.8. The van der Waals surface area contributed by atoms with E-state index in [9.17, 15) is 9.59 Å². The van der Waals surface area contributed by atoms with Gasteiger partial charge in [-0.25, -0.2) is 4.79 Å². The van der Waals surface area contributed by atoms with Crippen LogP contribution in [0.3, 0.4) is 0 Å². The summed E-state index contributed by atoms with van der Waals surface area (Å²) in [5.74, 6) is 1.14. The molecular weight excluding hydrogens is 484 g/mol. The fourth-order valence-corrected chi connectivity index (χ4v) is 5.82. The number of ketones is 1. The van der Waals surface area contributed by atoms with E-state index in [1.807, 2.05) is 49.4 Å². The van der Waals surface area contributed by atoms with Gasteiger partial charge in [0, 0.05) is 11.0 Å². The molecule has 0 bridgehead atoms. The van der Waals surface area contributed by atoms with Crippen LogP contribution < -0.4 is 9.47 Å². The molecule has 1 aliphatic carbocycles. The number of rotatable bonds is 7. The lowest BCUT2D eigenvalue weighted by Crippen LogP contribution is -2.24. The minimum absolute atomic E-state index is 0.0389. The Morgan fingerprint density at radius 2 is 1.15 bits per heavy atom. The summed E-state index contributed by atoms with van der Waals surface area (Å²) < 4.78 is 11.3. The van der Waals surface area contributed by atoms with Crippen molar-refractivity contribution >= 4 is 11.8 Å². The lowest BCUT2D eigenvalue weighted by Gasteiger charge is -2.31. The van der Waals surface area contributed by atoms with E-state index in [1.54, 1.807) is 26.2 Å². The molecule has 0 atom stereocenters. The Kier molecular flexibility index (Phi) is 7.38. The number of methoxy groups -OCH3 is 1. The predicted octanol–water partition coefficient (Wildman–Crippen LogP) is 8.26. The van der Waals surface area contributed by atoms with E-state index in [0.29, 0.717) is 16.9 Å². The van der Waals surface area contributed by atoms with Gasteiger partial charge in [-0.05, 0) is 91.3 Å². The quantitative estimate of drug-likeness (QED) is 0.140. The molecule has 0 unspecified atom stereocenters. The van der Waals surface area contributed by atoms with Gasteiger partial charge in [-0.15, -0.1) is 0 Å². The zero-order chi connectivity index (χ0) is 27.6. The zero-order valence-electron chi connectivity index (χ0n) is 23.0. The molecule has 0 heterocycles. The lowest BCUT2D eigenvalue weighted by atomic mass is 9.72. The van der Waals surface area contributed by atoms with Gasteiger partial charge >= 0.3 is 5.97 Å². The van der Waals surface area contributed by atoms with Crippen molar-refractivity contribution in [3.63, 3.8) is 0 Å². The molecule has 4 nitrogen and oxygen atoms in total. The van der Waals surface area contributed by atoms with E-state index < -0.39 is 0 Å². The van der Waals surface area contributed by atoms with Gasteiger partial charge in [-0.1, -0.05) is 73.5 Å². The average Bonchev–Trinajstić information content (AvgIpc) is 3.45. The molecule has 0 radical (unpaired) electrons. The summed E-state index contributed by atoms with van der Waals surface area (Å²) in [6, 6.07) is 27.6. The van der Waals surface area contributed by atoms with Gasteiger partial charge in [0.1, 0.15) is 11.5 Å². The van der Waals surface area contributed by atoms with Gasteiger partial charge in [0.05, 0.1) is 12.7 Å². The van der Waals surface area contributed by atoms with Gasteiger partial charge in [0.25, 0.3) is 0 Å². The molecule has 5 rings (SSSR count). The number of hydrogen-bond donors (Lipinski definition) is 0. The van der Waals surface area contributed by atoms with Crippen LogP contribution in [0.4, 0.5) is 0 Å². The van der Waals surface area contributed by atoms with E-state index in [-0.39, 0.29) is 17.2 Å². The zero-order valence-corrected chi connectivity index (χ0v) is 23.0. The van der Waals surface area contributed by atoms with Gasteiger partial charge in [0.2, 0.25) is 0 Å². The SMILES string of the molecule is COc1ccc(C2(c3ccc(OC(=O)c4ccc(-c5ccc(C(C)=O)cc5)cc4)c(C)c3)CCCC2)cc1C. The monoisotopic (exact) mass is 518 g/mol. The Bertz CT molecular complexity index is 1510. The molecule has 0 aromatic heterocycles. The summed E-state index contributed by atoms with van der Waals surface area (Å²) >= 11 is 0. The number of carbonyl (C=O) groups is 2. The van der Waals surface area contributed by atoms with Crippen molar-refractivity contribution in [3.05, 3.63) is 118 Å². The molecule has 0 spiro atoms. The van der Waals surface area contributed by atoms with Crippen molar-refractivity contribution in [1.29, 1.82) is 0 Å². The van der Waals surface area contributed by atoms with Crippen LogP contribution in [-0.4, -0.2) is 18.9 Å². The first-order valence-electron chi connectivity index (χ1n) is 13.5. The Balaban J connectivity index is 1.34. The molecule has 198 valence electrons. The third-order valence-corrected chi connectivity index (χ3v) is 8.08. The second-order valence-electron chi connectivity index (χ2n) is 10.6. The van der Waals surface area contributed by atoms with Crippen LogP contribution in [-0.2, 0) is 5.41 Å². The number of ether oxygens (including phenoxy) is 2. The van der Waals surface area contributed by atoms with Gasteiger partial charge < -0.3 is 9.47 Å². The largest absolute Gasteiger partial charge is 0.496 e. The second kappa shape index (κ2) is 10.9. The number of esters is 1. The van der Waals surface area contributed by atoms with Gasteiger partial charge in [0.15, 0.2) is 5.78 Å². The van der Waals surface area contributed by atoms with E-state index in [1.165, 1.54) is 24.0 Å². The molecule has 0 saturated heterocycles. The molecular formula is C35H34O4. The van der Waals surface area contributed by atoms with Crippen molar-refractivity contribution in [3.8, 4) is 22.6 Å². The van der Waals surface area contributed by atoms with Crippen LogP contribution in [0.2, 0.25) is 0 Å². The van der Waals surface area contributed by atoms with Crippen molar-refractivity contribution in [2.75, 3.05) is 7.11 Å². The standard InChI is InChI=1S/C35H34O4/c1-23-21-30(15-17-32(23)38-4)35(19-5-6-20-35)31-16-18-33(24(2)22-31)39-34(37)29-13-11-28(12-14-29)27-9-7-26(8-10-27)25(3)36/h7-18,21-22H,5-6,19-20H2,1-4H3. The maximum Gasteiger partial charge on any atom is 0.343 e. The molecule has 0 amide bonds. The predicted molar refractivity (Wildman–Crippen MR) is 155 cm³/mol. The van der Waals surface area contributed by atoms with Crippen LogP contribution >= 0.6 is 0 Å². The molecule has 1 saturated carbocycles. The molecule has 4 aromatic carbocycles. The lowest BCUT2D eigenvalue weighted by molar-refractivity contribution is 0.0733. The second-order valence-corrected chi connectivity index (χ2v) is 10.6. The van der Waals surface area contributed by atoms with Gasteiger partial charge in [-0.2, -0.15) is 0 Å². The van der Waals surface area contributed by atoms with Crippen LogP contribution in [0, 0.1) is 13.8 Å². The van der Waals surface area contributed by atoms with Crippen LogP contribution in [0.25, 0.3) is 11.1 Å². The minimum atomic E-state index is -0.384. The highest BCUT2D eigenvalue weighted by Crippen LogP contribution is 2.48. The van der Waals surface area contributed by atoms with Crippen molar-refractivity contribution in [2.45, 2.75) is 51.9 Å². The minimum Gasteiger partial charge on any atom is -0.496 e. The maximum atomic E-state index is 13.0. The Morgan fingerprint density at radius 1 is 0.667 bits per heavy atom. The number of Topliss-reactive ketones (excluding diaryl/α,β-unsaturated/α-hetero) is 1. The summed E-state index contributed by atoms with van der Waals surface area (Å²) in [6.07, 6.45) is 4.58. The molecule has 4 aromatic rings. The van der Waals surface area contributed by atoms with Crippen LogP contribution in [0.1, 0.15) is 75.6 Å². The molecule has 39 heavy (non-hydrogen) atoms. The molecule has 1 aliphatic rings. The fraction of sp³-hybridized carbons (Fsp3) is 0.257. The van der Waals surface area contributed by atoms with Crippen LogP contribution in [0.15, 0.2) is 84.9 Å². The molecule has 1 fully saturated rings. The first-order valence-corrected chi connectivity index (χ1v) is 13.5. The van der Waals surface area contributed by atoms with E-state index >= 15 is 0 Å². The number of aryl methyl sites for hydroxylation is 2. The summed E-state index contributed by atoms with van der Waals surface area (Å²) in [5, 5.41) is 0. The Labute approximate surface area is 230 Å². The third kappa shape index (κ3) is 5.24. The molecule has 0 N–H and O–H groups in total. The number of hydrogen-bond acceptors (Lipinski definition) is 4. The van der Waals surface area contributed by atoms with Crippen LogP contribution in [0.5, 0.6) is 11.5 Å². The summed E-state index contributed by atoms with van der Waals surface area (Å²) in [6.45, 7) is 5.65. The summed E-state index contributed by atoms with van der Waals surface area (Å²) in [7, 11) is 1.71. The van der Waals surface area contributed by atoms with Crippen molar-refractivity contribution in [2.24, 2.45) is 0 Å². The maximum absolute atomic E-state index is 13.0. The van der Waals surface area contributed by atoms with Gasteiger partial charge in [-0.3, -0.25) is 4.79 Å². The fourth-order valence-electron chi connectivity index (χ4n) is 5.82. The average molecular weight is 519 g/mol.